The molecule has 1 heterocycles. The predicted octanol–water partition coefficient (Wildman–Crippen LogP) is 2.89. The van der Waals surface area contributed by atoms with Crippen LogP contribution in [0.4, 0.5) is 0 Å². The number of benzene rings is 1. The Balaban J connectivity index is 1.86. The zero-order valence-electron chi connectivity index (χ0n) is 11.7. The van der Waals surface area contributed by atoms with Gasteiger partial charge in [0.1, 0.15) is 0 Å². The predicted molar refractivity (Wildman–Crippen MR) is 83.8 cm³/mol. The van der Waals surface area contributed by atoms with Gasteiger partial charge in [-0.3, -0.25) is 14.8 Å². The summed E-state index contributed by atoms with van der Waals surface area (Å²) < 4.78 is 0. The quantitative estimate of drug-likeness (QED) is 0.864. The number of amides is 1. The second kappa shape index (κ2) is 7.55. The van der Waals surface area contributed by atoms with Gasteiger partial charge in [0.15, 0.2) is 0 Å². The van der Waals surface area contributed by atoms with Crippen molar-refractivity contribution in [2.24, 2.45) is 0 Å². The van der Waals surface area contributed by atoms with Crippen LogP contribution in [-0.4, -0.2) is 21.9 Å². The van der Waals surface area contributed by atoms with E-state index in [0.29, 0.717) is 10.7 Å². The van der Waals surface area contributed by atoms with Crippen LogP contribution in [0.5, 0.6) is 0 Å². The summed E-state index contributed by atoms with van der Waals surface area (Å²) in [5.74, 6) is -0.157. The van der Waals surface area contributed by atoms with Crippen molar-refractivity contribution in [2.75, 3.05) is 0 Å². The largest absolute Gasteiger partial charge is 0.350 e. The minimum Gasteiger partial charge on any atom is -0.350 e. The molecule has 2 aromatic rings. The number of carbonyl (C=O) groups excluding carboxylic acids is 1. The highest BCUT2D eigenvalue weighted by Crippen LogP contribution is 2.12. The van der Waals surface area contributed by atoms with E-state index in [1.807, 2.05) is 31.2 Å². The maximum absolute atomic E-state index is 11.8. The summed E-state index contributed by atoms with van der Waals surface area (Å²) in [6.07, 6.45) is 8.58. The van der Waals surface area contributed by atoms with E-state index in [1.165, 1.54) is 6.08 Å². The molecule has 21 heavy (non-hydrogen) atoms. The molecule has 1 amide bonds. The Hall–Kier alpha value is -2.20. The summed E-state index contributed by atoms with van der Waals surface area (Å²) >= 11 is 5.94. The molecule has 0 aliphatic heterocycles. The van der Waals surface area contributed by atoms with Crippen LogP contribution in [0.3, 0.4) is 0 Å². The number of halogens is 1. The lowest BCUT2D eigenvalue weighted by Crippen LogP contribution is -2.32. The van der Waals surface area contributed by atoms with Gasteiger partial charge >= 0.3 is 0 Å². The van der Waals surface area contributed by atoms with Gasteiger partial charge in [0, 0.05) is 29.5 Å². The summed E-state index contributed by atoms with van der Waals surface area (Å²) in [6, 6.07) is 7.64. The fourth-order valence-corrected chi connectivity index (χ4v) is 2.13. The molecule has 0 bridgehead atoms. The molecule has 5 heteroatoms. The SMILES string of the molecule is C[C@@H](Cc1cccc(Cl)c1)NC(=O)/C=C/c1cnccn1. The number of aromatic nitrogens is 2. The summed E-state index contributed by atoms with van der Waals surface area (Å²) in [5.41, 5.74) is 1.74. The van der Waals surface area contributed by atoms with Gasteiger partial charge in [-0.15, -0.1) is 0 Å². The van der Waals surface area contributed by atoms with Gasteiger partial charge in [-0.05, 0) is 37.1 Å². The fraction of sp³-hybridized carbons (Fsp3) is 0.188. The molecule has 1 aromatic carbocycles. The van der Waals surface area contributed by atoms with E-state index in [2.05, 4.69) is 15.3 Å². The molecule has 1 aromatic heterocycles. The molecule has 0 spiro atoms. The average molecular weight is 302 g/mol. The van der Waals surface area contributed by atoms with E-state index < -0.39 is 0 Å². The Morgan fingerprint density at radius 1 is 1.43 bits per heavy atom. The van der Waals surface area contributed by atoms with Crippen LogP contribution < -0.4 is 5.32 Å². The van der Waals surface area contributed by atoms with E-state index >= 15 is 0 Å². The van der Waals surface area contributed by atoms with Crippen LogP contribution in [0.15, 0.2) is 48.9 Å². The Labute approximate surface area is 128 Å². The van der Waals surface area contributed by atoms with Crippen molar-refractivity contribution >= 4 is 23.6 Å². The van der Waals surface area contributed by atoms with Gasteiger partial charge in [0.05, 0.1) is 11.9 Å². The summed E-state index contributed by atoms with van der Waals surface area (Å²) in [5, 5.41) is 3.60. The maximum atomic E-state index is 11.8. The standard InChI is InChI=1S/C16H16ClN3O/c1-12(9-13-3-2-4-14(17)10-13)20-16(21)6-5-15-11-18-7-8-19-15/h2-8,10-12H,9H2,1H3,(H,20,21)/b6-5+/t12-/m0/s1. The summed E-state index contributed by atoms with van der Waals surface area (Å²) in [4.78, 5) is 19.8. The van der Waals surface area contributed by atoms with Crippen molar-refractivity contribution in [1.29, 1.82) is 0 Å². The number of hydrogen-bond acceptors (Lipinski definition) is 3. The minimum atomic E-state index is -0.157. The smallest absolute Gasteiger partial charge is 0.244 e. The Morgan fingerprint density at radius 2 is 2.29 bits per heavy atom. The van der Waals surface area contributed by atoms with Crippen molar-refractivity contribution in [3.8, 4) is 0 Å². The second-order valence-corrected chi connectivity index (χ2v) is 5.14. The summed E-state index contributed by atoms with van der Waals surface area (Å²) in [6.45, 7) is 1.95. The molecule has 1 atom stereocenters. The van der Waals surface area contributed by atoms with E-state index in [1.54, 1.807) is 24.7 Å². The van der Waals surface area contributed by atoms with Gasteiger partial charge < -0.3 is 5.32 Å². The van der Waals surface area contributed by atoms with Crippen molar-refractivity contribution in [2.45, 2.75) is 19.4 Å². The molecule has 1 N–H and O–H groups in total. The third kappa shape index (κ3) is 5.36. The van der Waals surface area contributed by atoms with Crippen LogP contribution in [0.1, 0.15) is 18.2 Å². The van der Waals surface area contributed by atoms with Crippen molar-refractivity contribution in [1.82, 2.24) is 15.3 Å². The molecule has 0 aliphatic carbocycles. The first kappa shape index (κ1) is 15.2. The molecule has 108 valence electrons. The van der Waals surface area contributed by atoms with Crippen LogP contribution in [-0.2, 0) is 11.2 Å². The Kier molecular flexibility index (Phi) is 5.46. The molecule has 0 fully saturated rings. The summed E-state index contributed by atoms with van der Waals surface area (Å²) in [7, 11) is 0. The Bertz CT molecular complexity index is 628. The molecular formula is C16H16ClN3O. The molecule has 0 radical (unpaired) electrons. The third-order valence-corrected chi connectivity index (χ3v) is 3.04. The zero-order valence-corrected chi connectivity index (χ0v) is 12.4. The first-order valence-electron chi connectivity index (χ1n) is 6.62. The number of rotatable bonds is 5. The van der Waals surface area contributed by atoms with Crippen LogP contribution in [0, 0.1) is 0 Å². The van der Waals surface area contributed by atoms with Crippen LogP contribution >= 0.6 is 11.6 Å². The topological polar surface area (TPSA) is 54.9 Å². The maximum Gasteiger partial charge on any atom is 0.244 e. The highest BCUT2D eigenvalue weighted by atomic mass is 35.5. The number of carbonyl (C=O) groups is 1. The number of hydrogen-bond donors (Lipinski definition) is 1. The van der Waals surface area contributed by atoms with E-state index in [-0.39, 0.29) is 11.9 Å². The first-order chi connectivity index (χ1) is 10.1. The van der Waals surface area contributed by atoms with Gasteiger partial charge in [-0.25, -0.2) is 0 Å². The third-order valence-electron chi connectivity index (χ3n) is 2.81. The van der Waals surface area contributed by atoms with Gasteiger partial charge in [-0.2, -0.15) is 0 Å². The van der Waals surface area contributed by atoms with E-state index in [0.717, 1.165) is 12.0 Å². The van der Waals surface area contributed by atoms with Gasteiger partial charge in [-0.1, -0.05) is 23.7 Å². The normalized spacial score (nSPS) is 12.3. The van der Waals surface area contributed by atoms with Gasteiger partial charge in [0.2, 0.25) is 5.91 Å². The van der Waals surface area contributed by atoms with E-state index in [4.69, 9.17) is 11.6 Å². The second-order valence-electron chi connectivity index (χ2n) is 4.71. The van der Waals surface area contributed by atoms with Crippen molar-refractivity contribution < 1.29 is 4.79 Å². The highest BCUT2D eigenvalue weighted by molar-refractivity contribution is 6.30. The molecule has 2 rings (SSSR count). The molecule has 0 unspecified atom stereocenters. The molecule has 4 nitrogen and oxygen atoms in total. The average Bonchev–Trinajstić information content (AvgIpc) is 2.46. The molecule has 0 saturated heterocycles. The van der Waals surface area contributed by atoms with Gasteiger partial charge in [0.25, 0.3) is 0 Å². The lowest BCUT2D eigenvalue weighted by atomic mass is 10.1. The molecular weight excluding hydrogens is 286 g/mol. The zero-order chi connectivity index (χ0) is 15.1. The lowest BCUT2D eigenvalue weighted by Gasteiger charge is -2.12. The molecule has 0 saturated carbocycles. The van der Waals surface area contributed by atoms with Crippen LogP contribution in [0.25, 0.3) is 6.08 Å². The van der Waals surface area contributed by atoms with E-state index in [9.17, 15) is 4.79 Å². The minimum absolute atomic E-state index is 0.0162. The monoisotopic (exact) mass is 301 g/mol. The Morgan fingerprint density at radius 3 is 3.00 bits per heavy atom. The fourth-order valence-electron chi connectivity index (χ4n) is 1.92. The number of nitrogens with one attached hydrogen (secondary N) is 1. The lowest BCUT2D eigenvalue weighted by molar-refractivity contribution is -0.117. The van der Waals surface area contributed by atoms with Crippen LogP contribution in [0.2, 0.25) is 5.02 Å². The highest BCUT2D eigenvalue weighted by Gasteiger charge is 2.06. The molecule has 0 aliphatic rings. The first-order valence-corrected chi connectivity index (χ1v) is 7.00. The van der Waals surface area contributed by atoms with Crippen molar-refractivity contribution in [3.63, 3.8) is 0 Å². The van der Waals surface area contributed by atoms with Crippen molar-refractivity contribution in [3.05, 3.63) is 65.2 Å². The number of nitrogens with zero attached hydrogens (tertiary/aromatic N) is 2.